The second-order valence-corrected chi connectivity index (χ2v) is 9.59. The molecule has 1 aliphatic rings. The quantitative estimate of drug-likeness (QED) is 0.678. The lowest BCUT2D eigenvalue weighted by molar-refractivity contribution is -0.132. The number of rotatable bonds is 7. The number of amides is 1. The van der Waals surface area contributed by atoms with Crippen molar-refractivity contribution in [2.24, 2.45) is 0 Å². The second-order valence-electron chi connectivity index (χ2n) is 7.36. The number of ether oxygens (including phenoxy) is 2. The van der Waals surface area contributed by atoms with Crippen LogP contribution in [0, 0.1) is 13.8 Å². The normalized spacial score (nSPS) is 17.9. The van der Waals surface area contributed by atoms with E-state index >= 15 is 0 Å². The van der Waals surface area contributed by atoms with Crippen LogP contribution in [0.25, 0.3) is 0 Å². The van der Waals surface area contributed by atoms with Gasteiger partial charge in [0.15, 0.2) is 16.4 Å². The molecule has 29 heavy (non-hydrogen) atoms. The lowest BCUT2D eigenvalue weighted by Gasteiger charge is -2.18. The molecule has 0 aliphatic carbocycles. The summed E-state index contributed by atoms with van der Waals surface area (Å²) in [6, 6.07) is 6.91. The molecular weight excluding hydrogens is 394 g/mol. The van der Waals surface area contributed by atoms with Gasteiger partial charge in [-0.2, -0.15) is 5.10 Å². The average Bonchev–Trinajstić information content (AvgIpc) is 3.19. The van der Waals surface area contributed by atoms with Gasteiger partial charge in [0.1, 0.15) is 11.5 Å². The number of hydrogen-bond acceptors (Lipinski definition) is 6. The van der Waals surface area contributed by atoms with E-state index in [-0.39, 0.29) is 30.1 Å². The minimum Gasteiger partial charge on any atom is -0.497 e. The van der Waals surface area contributed by atoms with Crippen LogP contribution in [-0.4, -0.2) is 61.3 Å². The summed E-state index contributed by atoms with van der Waals surface area (Å²) in [5.74, 6) is 1.48. The number of carbonyl (C=O) groups excluding carboxylic acids is 1. The van der Waals surface area contributed by atoms with Crippen molar-refractivity contribution in [1.29, 1.82) is 0 Å². The van der Waals surface area contributed by atoms with Crippen molar-refractivity contribution in [2.45, 2.75) is 32.9 Å². The smallest absolute Gasteiger partial charge is 0.260 e. The van der Waals surface area contributed by atoms with E-state index in [9.17, 15) is 13.2 Å². The van der Waals surface area contributed by atoms with Gasteiger partial charge in [-0.3, -0.25) is 9.48 Å². The fourth-order valence-corrected chi connectivity index (χ4v) is 5.19. The molecule has 2 heterocycles. The van der Waals surface area contributed by atoms with Crippen molar-refractivity contribution < 1.29 is 22.7 Å². The molecule has 1 fully saturated rings. The molecule has 1 saturated heterocycles. The maximum absolute atomic E-state index is 12.5. The van der Waals surface area contributed by atoms with Crippen LogP contribution >= 0.6 is 0 Å². The molecule has 2 aromatic rings. The summed E-state index contributed by atoms with van der Waals surface area (Å²) < 4.78 is 36.1. The Kier molecular flexibility index (Phi) is 6.16. The monoisotopic (exact) mass is 421 g/mol. The standard InChI is InChI=1S/C20H27N3O5S/c1-14-19(15(2)23(21-14)16-9-10-29(25,26)13-16)11-22(3)20(24)12-28-18-7-5-17(27-4)6-8-18/h5-8,16H,9-13H2,1-4H3/t16-/m0/s1. The first-order valence-corrected chi connectivity index (χ1v) is 11.3. The maximum Gasteiger partial charge on any atom is 0.260 e. The van der Waals surface area contributed by atoms with Crippen molar-refractivity contribution in [3.63, 3.8) is 0 Å². The number of benzene rings is 1. The largest absolute Gasteiger partial charge is 0.497 e. The molecule has 0 radical (unpaired) electrons. The molecule has 9 heteroatoms. The molecule has 0 saturated carbocycles. The van der Waals surface area contributed by atoms with Gasteiger partial charge < -0.3 is 14.4 Å². The summed E-state index contributed by atoms with van der Waals surface area (Å²) >= 11 is 0. The van der Waals surface area contributed by atoms with E-state index in [1.165, 1.54) is 0 Å². The minimum atomic E-state index is -2.99. The Labute approximate surface area is 171 Å². The van der Waals surface area contributed by atoms with Crippen LogP contribution in [0.5, 0.6) is 11.5 Å². The number of sulfone groups is 1. The highest BCUT2D eigenvalue weighted by Gasteiger charge is 2.31. The van der Waals surface area contributed by atoms with E-state index in [4.69, 9.17) is 9.47 Å². The van der Waals surface area contributed by atoms with Gasteiger partial charge >= 0.3 is 0 Å². The van der Waals surface area contributed by atoms with E-state index in [1.54, 1.807) is 48.0 Å². The van der Waals surface area contributed by atoms with Crippen LogP contribution in [-0.2, 0) is 21.2 Å². The summed E-state index contributed by atoms with van der Waals surface area (Å²) in [5.41, 5.74) is 2.65. The van der Waals surface area contributed by atoms with E-state index in [0.717, 1.165) is 22.7 Å². The molecule has 1 atom stereocenters. The molecule has 158 valence electrons. The Morgan fingerprint density at radius 2 is 1.90 bits per heavy atom. The van der Waals surface area contributed by atoms with Crippen LogP contribution < -0.4 is 9.47 Å². The predicted molar refractivity (Wildman–Crippen MR) is 109 cm³/mol. The van der Waals surface area contributed by atoms with E-state index in [2.05, 4.69) is 5.10 Å². The highest BCUT2D eigenvalue weighted by Crippen LogP contribution is 2.27. The average molecular weight is 422 g/mol. The summed E-state index contributed by atoms with van der Waals surface area (Å²) in [6.45, 7) is 4.12. The van der Waals surface area contributed by atoms with Crippen LogP contribution in [0.3, 0.4) is 0 Å². The highest BCUT2D eigenvalue weighted by atomic mass is 32.2. The molecule has 3 rings (SSSR count). The van der Waals surface area contributed by atoms with Gasteiger partial charge in [0.2, 0.25) is 0 Å². The molecule has 0 N–H and O–H groups in total. The third-order valence-corrected chi connectivity index (χ3v) is 7.02. The molecule has 1 amide bonds. The predicted octanol–water partition coefficient (Wildman–Crippen LogP) is 1.91. The molecule has 1 aliphatic heterocycles. The maximum atomic E-state index is 12.5. The summed E-state index contributed by atoms with van der Waals surface area (Å²) in [6.07, 6.45) is 0.578. The topological polar surface area (TPSA) is 90.7 Å². The van der Waals surface area contributed by atoms with E-state index in [0.29, 0.717) is 18.7 Å². The van der Waals surface area contributed by atoms with Crippen LogP contribution in [0.1, 0.15) is 29.4 Å². The number of carbonyl (C=O) groups is 1. The SMILES string of the molecule is COc1ccc(OCC(=O)N(C)Cc2c(C)nn([C@H]3CCS(=O)(=O)C3)c2C)cc1. The summed E-state index contributed by atoms with van der Waals surface area (Å²) in [5, 5.41) is 4.55. The fourth-order valence-electron chi connectivity index (χ4n) is 3.50. The first-order chi connectivity index (χ1) is 13.7. The van der Waals surface area contributed by atoms with E-state index in [1.807, 2.05) is 13.8 Å². The van der Waals surface area contributed by atoms with Gasteiger partial charge in [-0.15, -0.1) is 0 Å². The van der Waals surface area contributed by atoms with Crippen LogP contribution in [0.2, 0.25) is 0 Å². The number of nitrogens with zero attached hydrogens (tertiary/aromatic N) is 3. The number of aromatic nitrogens is 2. The Morgan fingerprint density at radius 1 is 1.24 bits per heavy atom. The van der Waals surface area contributed by atoms with Crippen molar-refractivity contribution in [2.75, 3.05) is 32.3 Å². The Balaban J connectivity index is 1.62. The van der Waals surface area contributed by atoms with Crippen LogP contribution in [0.4, 0.5) is 0 Å². The van der Waals surface area contributed by atoms with E-state index < -0.39 is 9.84 Å². The lowest BCUT2D eigenvalue weighted by Crippen LogP contribution is -2.31. The number of aryl methyl sites for hydroxylation is 1. The third kappa shape index (κ3) is 4.90. The zero-order chi connectivity index (χ0) is 21.2. The van der Waals surface area contributed by atoms with Gasteiger partial charge in [-0.05, 0) is 44.5 Å². The van der Waals surface area contributed by atoms with Crippen LogP contribution in [0.15, 0.2) is 24.3 Å². The molecule has 0 bridgehead atoms. The van der Waals surface area contributed by atoms with Crippen molar-refractivity contribution in [1.82, 2.24) is 14.7 Å². The Hall–Kier alpha value is -2.55. The third-order valence-electron chi connectivity index (χ3n) is 5.27. The number of methoxy groups -OCH3 is 1. The highest BCUT2D eigenvalue weighted by molar-refractivity contribution is 7.91. The molecule has 1 aromatic heterocycles. The lowest BCUT2D eigenvalue weighted by atomic mass is 10.1. The van der Waals surface area contributed by atoms with Gasteiger partial charge in [-0.1, -0.05) is 0 Å². The Morgan fingerprint density at radius 3 is 2.48 bits per heavy atom. The number of likely N-dealkylation sites (N-methyl/N-ethyl adjacent to an activating group) is 1. The molecule has 0 spiro atoms. The van der Waals surface area contributed by atoms with Gasteiger partial charge in [0.05, 0.1) is 30.4 Å². The Bertz CT molecular complexity index is 982. The van der Waals surface area contributed by atoms with Crippen molar-refractivity contribution in [3.05, 3.63) is 41.2 Å². The summed E-state index contributed by atoms with van der Waals surface area (Å²) in [7, 11) is 0.319. The molecular formula is C20H27N3O5S. The molecule has 0 unspecified atom stereocenters. The minimum absolute atomic E-state index is 0.0735. The van der Waals surface area contributed by atoms with Crippen molar-refractivity contribution >= 4 is 15.7 Å². The second kappa shape index (κ2) is 8.44. The summed E-state index contributed by atoms with van der Waals surface area (Å²) in [4.78, 5) is 14.1. The first kappa shape index (κ1) is 21.2. The first-order valence-electron chi connectivity index (χ1n) is 9.46. The van der Waals surface area contributed by atoms with Gasteiger partial charge in [-0.25, -0.2) is 8.42 Å². The fraction of sp³-hybridized carbons (Fsp3) is 0.500. The zero-order valence-electron chi connectivity index (χ0n) is 17.2. The number of hydrogen-bond donors (Lipinski definition) is 0. The molecule has 1 aromatic carbocycles. The molecule has 8 nitrogen and oxygen atoms in total. The van der Waals surface area contributed by atoms with Gasteiger partial charge in [0, 0.05) is 24.8 Å². The van der Waals surface area contributed by atoms with Crippen molar-refractivity contribution in [3.8, 4) is 11.5 Å². The van der Waals surface area contributed by atoms with Gasteiger partial charge in [0.25, 0.3) is 5.91 Å². The zero-order valence-corrected chi connectivity index (χ0v) is 18.0.